The fourth-order valence-corrected chi connectivity index (χ4v) is 3.89. The molecule has 2 saturated heterocycles. The molecule has 1 aliphatic carbocycles. The van der Waals surface area contributed by atoms with Crippen LogP contribution in [0.25, 0.3) is 0 Å². The SMILES string of the molecule is Cc1nc([C@@H]2CN(CC3CC3)C[C@H]2NC(=O)C2CCOCC2)n[nH]1. The quantitative estimate of drug-likeness (QED) is 0.834. The second-order valence-corrected chi connectivity index (χ2v) is 7.55. The number of aryl methyl sites for hydroxylation is 1. The molecule has 0 radical (unpaired) electrons. The number of amides is 1. The van der Waals surface area contributed by atoms with Gasteiger partial charge in [-0.25, -0.2) is 4.98 Å². The summed E-state index contributed by atoms with van der Waals surface area (Å²) in [5, 5.41) is 10.6. The highest BCUT2D eigenvalue weighted by Gasteiger charge is 2.39. The zero-order chi connectivity index (χ0) is 16.5. The van der Waals surface area contributed by atoms with Crippen molar-refractivity contribution in [1.82, 2.24) is 25.4 Å². The first kappa shape index (κ1) is 16.0. The third-order valence-corrected chi connectivity index (χ3v) is 5.47. The van der Waals surface area contributed by atoms with Gasteiger partial charge in [0, 0.05) is 38.8 Å². The van der Waals surface area contributed by atoms with Crippen LogP contribution in [0.2, 0.25) is 0 Å². The van der Waals surface area contributed by atoms with E-state index in [4.69, 9.17) is 4.74 Å². The molecule has 0 aromatic carbocycles. The lowest BCUT2D eigenvalue weighted by molar-refractivity contribution is -0.128. The van der Waals surface area contributed by atoms with Crippen molar-refractivity contribution in [2.24, 2.45) is 11.8 Å². The molecule has 7 nitrogen and oxygen atoms in total. The summed E-state index contributed by atoms with van der Waals surface area (Å²) in [7, 11) is 0. The van der Waals surface area contributed by atoms with Gasteiger partial charge in [0.2, 0.25) is 5.91 Å². The van der Waals surface area contributed by atoms with Crippen molar-refractivity contribution in [3.8, 4) is 0 Å². The van der Waals surface area contributed by atoms with E-state index in [0.29, 0.717) is 13.2 Å². The lowest BCUT2D eigenvalue weighted by Crippen LogP contribution is -2.44. The van der Waals surface area contributed by atoms with Crippen molar-refractivity contribution in [2.75, 3.05) is 32.8 Å². The third-order valence-electron chi connectivity index (χ3n) is 5.47. The number of carbonyl (C=O) groups is 1. The van der Waals surface area contributed by atoms with Crippen LogP contribution in [0.5, 0.6) is 0 Å². The van der Waals surface area contributed by atoms with E-state index in [9.17, 15) is 4.79 Å². The van der Waals surface area contributed by atoms with Gasteiger partial charge < -0.3 is 15.0 Å². The second-order valence-electron chi connectivity index (χ2n) is 7.55. The van der Waals surface area contributed by atoms with Gasteiger partial charge in [0.05, 0.1) is 12.0 Å². The van der Waals surface area contributed by atoms with Crippen molar-refractivity contribution >= 4 is 5.91 Å². The van der Waals surface area contributed by atoms with Gasteiger partial charge in [-0.15, -0.1) is 0 Å². The Kier molecular flexibility index (Phi) is 4.54. The van der Waals surface area contributed by atoms with E-state index in [-0.39, 0.29) is 23.8 Å². The molecule has 4 rings (SSSR count). The lowest BCUT2D eigenvalue weighted by Gasteiger charge is -2.25. The largest absolute Gasteiger partial charge is 0.381 e. The first-order valence-electron chi connectivity index (χ1n) is 9.18. The predicted octanol–water partition coefficient (Wildman–Crippen LogP) is 0.834. The number of rotatable bonds is 5. The van der Waals surface area contributed by atoms with Gasteiger partial charge in [0.25, 0.3) is 0 Å². The van der Waals surface area contributed by atoms with Crippen LogP contribution in [0, 0.1) is 18.8 Å². The van der Waals surface area contributed by atoms with Crippen LogP contribution in [0.15, 0.2) is 0 Å². The van der Waals surface area contributed by atoms with E-state index in [2.05, 4.69) is 25.4 Å². The summed E-state index contributed by atoms with van der Waals surface area (Å²) in [4.78, 5) is 19.6. The van der Waals surface area contributed by atoms with Crippen molar-refractivity contribution < 1.29 is 9.53 Å². The molecular weight excluding hydrogens is 306 g/mol. The maximum absolute atomic E-state index is 12.6. The fourth-order valence-electron chi connectivity index (χ4n) is 3.89. The molecule has 7 heteroatoms. The molecule has 1 amide bonds. The van der Waals surface area contributed by atoms with Gasteiger partial charge >= 0.3 is 0 Å². The van der Waals surface area contributed by atoms with Gasteiger partial charge in [-0.3, -0.25) is 9.89 Å². The van der Waals surface area contributed by atoms with Gasteiger partial charge in [-0.05, 0) is 38.5 Å². The Balaban J connectivity index is 1.43. The Morgan fingerprint density at radius 3 is 2.75 bits per heavy atom. The smallest absolute Gasteiger partial charge is 0.223 e. The minimum absolute atomic E-state index is 0.0887. The summed E-state index contributed by atoms with van der Waals surface area (Å²) in [5.74, 6) is 2.96. The third kappa shape index (κ3) is 3.62. The standard InChI is InChI=1S/C17H27N5O2/c1-11-18-16(21-20-11)14-9-22(8-12-2-3-12)10-15(14)19-17(23)13-4-6-24-7-5-13/h12-15H,2-10H2,1H3,(H,19,23)(H,18,20,21)/t14-,15-/m1/s1. The molecule has 1 aromatic heterocycles. The van der Waals surface area contributed by atoms with Gasteiger partial charge in [-0.2, -0.15) is 5.10 Å². The molecule has 2 N–H and O–H groups in total. The highest BCUT2D eigenvalue weighted by molar-refractivity contribution is 5.79. The number of carbonyl (C=O) groups excluding carboxylic acids is 1. The van der Waals surface area contributed by atoms with Crippen LogP contribution in [-0.2, 0) is 9.53 Å². The Bertz CT molecular complexity index is 579. The van der Waals surface area contributed by atoms with E-state index in [1.54, 1.807) is 0 Å². The summed E-state index contributed by atoms with van der Waals surface area (Å²) >= 11 is 0. The number of nitrogens with zero attached hydrogens (tertiary/aromatic N) is 3. The zero-order valence-corrected chi connectivity index (χ0v) is 14.3. The van der Waals surface area contributed by atoms with Crippen LogP contribution in [0.4, 0.5) is 0 Å². The molecule has 3 heterocycles. The Morgan fingerprint density at radius 2 is 2.08 bits per heavy atom. The van der Waals surface area contributed by atoms with Crippen molar-refractivity contribution in [3.63, 3.8) is 0 Å². The van der Waals surface area contributed by atoms with Crippen LogP contribution in [-0.4, -0.2) is 64.9 Å². The molecule has 132 valence electrons. The maximum Gasteiger partial charge on any atom is 0.223 e. The number of H-pyrrole nitrogens is 1. The van der Waals surface area contributed by atoms with Crippen molar-refractivity contribution in [1.29, 1.82) is 0 Å². The Labute approximate surface area is 142 Å². The summed E-state index contributed by atoms with van der Waals surface area (Å²) in [6.07, 6.45) is 4.35. The minimum atomic E-state index is 0.0887. The van der Waals surface area contributed by atoms with Crippen LogP contribution in [0.3, 0.4) is 0 Å². The van der Waals surface area contributed by atoms with E-state index < -0.39 is 0 Å². The van der Waals surface area contributed by atoms with E-state index in [1.807, 2.05) is 6.92 Å². The number of nitrogens with one attached hydrogen (secondary N) is 2. The molecule has 0 spiro atoms. The molecule has 3 aliphatic rings. The van der Waals surface area contributed by atoms with Gasteiger partial charge in [-0.1, -0.05) is 0 Å². The van der Waals surface area contributed by atoms with E-state index in [1.165, 1.54) is 12.8 Å². The molecule has 3 fully saturated rings. The highest BCUT2D eigenvalue weighted by atomic mass is 16.5. The van der Waals surface area contributed by atoms with Crippen LogP contribution < -0.4 is 5.32 Å². The summed E-state index contributed by atoms with van der Waals surface area (Å²) in [6, 6.07) is 0.106. The lowest BCUT2D eigenvalue weighted by atomic mass is 9.97. The van der Waals surface area contributed by atoms with Crippen molar-refractivity contribution in [2.45, 2.75) is 44.6 Å². The summed E-state index contributed by atoms with van der Waals surface area (Å²) in [5.41, 5.74) is 0. The topological polar surface area (TPSA) is 83.1 Å². The molecule has 0 bridgehead atoms. The first-order valence-corrected chi connectivity index (χ1v) is 9.18. The number of aromatic nitrogens is 3. The van der Waals surface area contributed by atoms with Gasteiger partial charge in [0.15, 0.2) is 5.82 Å². The normalized spacial score (nSPS) is 29.0. The molecule has 0 unspecified atom stereocenters. The van der Waals surface area contributed by atoms with Gasteiger partial charge in [0.1, 0.15) is 5.82 Å². The van der Waals surface area contributed by atoms with E-state index in [0.717, 1.165) is 50.0 Å². The van der Waals surface area contributed by atoms with Crippen LogP contribution >= 0.6 is 0 Å². The molecular formula is C17H27N5O2. The monoisotopic (exact) mass is 333 g/mol. The van der Waals surface area contributed by atoms with Crippen molar-refractivity contribution in [3.05, 3.63) is 11.6 Å². The number of hydrogen-bond acceptors (Lipinski definition) is 5. The Hall–Kier alpha value is -1.47. The summed E-state index contributed by atoms with van der Waals surface area (Å²) < 4.78 is 5.37. The molecule has 2 aliphatic heterocycles. The average molecular weight is 333 g/mol. The number of hydrogen-bond donors (Lipinski definition) is 2. The van der Waals surface area contributed by atoms with Crippen LogP contribution in [0.1, 0.15) is 43.3 Å². The zero-order valence-electron chi connectivity index (χ0n) is 14.3. The molecule has 1 aromatic rings. The number of ether oxygens (including phenoxy) is 1. The predicted molar refractivity (Wildman–Crippen MR) is 88.5 cm³/mol. The fraction of sp³-hybridized carbons (Fsp3) is 0.824. The van der Waals surface area contributed by atoms with E-state index >= 15 is 0 Å². The first-order chi connectivity index (χ1) is 11.7. The molecule has 24 heavy (non-hydrogen) atoms. The summed E-state index contributed by atoms with van der Waals surface area (Å²) in [6.45, 7) is 6.29. The highest BCUT2D eigenvalue weighted by Crippen LogP contribution is 2.33. The minimum Gasteiger partial charge on any atom is -0.381 e. The molecule has 1 saturated carbocycles. The maximum atomic E-state index is 12.6. The molecule has 2 atom stereocenters. The average Bonchev–Trinajstić information content (AvgIpc) is 3.16. The number of aromatic amines is 1. The number of likely N-dealkylation sites (tertiary alicyclic amines) is 1. The Morgan fingerprint density at radius 1 is 1.29 bits per heavy atom. The second kappa shape index (κ2) is 6.80.